The molecule has 1 aliphatic carbocycles. The fourth-order valence-electron chi connectivity index (χ4n) is 1.79. The van der Waals surface area contributed by atoms with E-state index < -0.39 is 0 Å². The first-order valence-electron chi connectivity index (χ1n) is 5.42. The van der Waals surface area contributed by atoms with Crippen molar-refractivity contribution < 1.29 is 9.90 Å². The van der Waals surface area contributed by atoms with Crippen LogP contribution in [0.5, 0.6) is 0 Å². The van der Waals surface area contributed by atoms with Gasteiger partial charge in [-0.2, -0.15) is 4.37 Å². The molecule has 88 valence electrons. The van der Waals surface area contributed by atoms with Crippen molar-refractivity contribution in [2.75, 3.05) is 6.61 Å². The number of aryl methyl sites for hydroxylation is 1. The van der Waals surface area contributed by atoms with Gasteiger partial charge >= 0.3 is 0 Å². The van der Waals surface area contributed by atoms with Gasteiger partial charge in [-0.25, -0.2) is 0 Å². The summed E-state index contributed by atoms with van der Waals surface area (Å²) in [4.78, 5) is 12.8. The molecule has 1 amide bonds. The third-order valence-corrected chi connectivity index (χ3v) is 4.03. The molecule has 1 heterocycles. The Hall–Kier alpha value is -0.940. The second-order valence-corrected chi connectivity index (χ2v) is 5.55. The molecule has 0 radical (unpaired) electrons. The molecule has 1 atom stereocenters. The number of aliphatic hydroxyl groups excluding tert-OH is 1. The molecule has 2 N–H and O–H groups in total. The summed E-state index contributed by atoms with van der Waals surface area (Å²) in [5.41, 5.74) is 0.392. The number of carbonyl (C=O) groups is 1. The summed E-state index contributed by atoms with van der Waals surface area (Å²) in [5.74, 6) is -0.142. The number of amides is 1. The molecule has 5 heteroatoms. The Morgan fingerprint density at radius 1 is 1.75 bits per heavy atom. The Morgan fingerprint density at radius 2 is 2.44 bits per heavy atom. The van der Waals surface area contributed by atoms with Crippen molar-refractivity contribution in [3.8, 4) is 0 Å². The van der Waals surface area contributed by atoms with Crippen LogP contribution in [-0.2, 0) is 0 Å². The molecule has 0 aliphatic heterocycles. The second kappa shape index (κ2) is 4.14. The third-order valence-electron chi connectivity index (χ3n) is 3.33. The quantitative estimate of drug-likeness (QED) is 0.835. The molecule has 0 spiro atoms. The molecule has 16 heavy (non-hydrogen) atoms. The van der Waals surface area contributed by atoms with Crippen LogP contribution >= 0.6 is 11.5 Å². The third kappa shape index (κ3) is 2.10. The smallest absolute Gasteiger partial charge is 0.271 e. The topological polar surface area (TPSA) is 62.2 Å². The molecule has 4 nitrogen and oxygen atoms in total. The van der Waals surface area contributed by atoms with Crippen LogP contribution in [0, 0.1) is 12.3 Å². The first kappa shape index (κ1) is 11.5. The molecule has 1 saturated carbocycles. The average molecular weight is 240 g/mol. The molecule has 1 fully saturated rings. The zero-order valence-electron chi connectivity index (χ0n) is 9.49. The molecule has 1 aromatic rings. The van der Waals surface area contributed by atoms with Gasteiger partial charge in [0.05, 0.1) is 6.61 Å². The van der Waals surface area contributed by atoms with Gasteiger partial charge in [0.2, 0.25) is 0 Å². The van der Waals surface area contributed by atoms with Crippen LogP contribution in [0.15, 0.2) is 6.07 Å². The highest BCUT2D eigenvalue weighted by molar-refractivity contribution is 7.05. The number of aliphatic hydroxyl groups is 1. The molecule has 0 bridgehead atoms. The molecular weight excluding hydrogens is 224 g/mol. The van der Waals surface area contributed by atoms with Crippen molar-refractivity contribution in [1.29, 1.82) is 0 Å². The van der Waals surface area contributed by atoms with E-state index in [1.807, 2.05) is 13.8 Å². The van der Waals surface area contributed by atoms with Crippen molar-refractivity contribution in [1.82, 2.24) is 9.69 Å². The molecule has 1 aliphatic rings. The maximum absolute atomic E-state index is 11.8. The fourth-order valence-corrected chi connectivity index (χ4v) is 2.33. The minimum Gasteiger partial charge on any atom is -0.396 e. The van der Waals surface area contributed by atoms with Gasteiger partial charge < -0.3 is 10.4 Å². The van der Waals surface area contributed by atoms with Gasteiger partial charge in [-0.3, -0.25) is 4.79 Å². The zero-order chi connectivity index (χ0) is 11.8. The van der Waals surface area contributed by atoms with Gasteiger partial charge in [0.25, 0.3) is 5.91 Å². The normalized spacial score (nSPS) is 19.2. The molecule has 0 saturated heterocycles. The van der Waals surface area contributed by atoms with E-state index in [1.165, 1.54) is 11.5 Å². The maximum Gasteiger partial charge on any atom is 0.271 e. The number of nitrogens with zero attached hydrogens (tertiary/aromatic N) is 1. The molecule has 1 aromatic heterocycles. The van der Waals surface area contributed by atoms with E-state index in [4.69, 9.17) is 0 Å². The number of hydrogen-bond donors (Lipinski definition) is 2. The summed E-state index contributed by atoms with van der Waals surface area (Å²) in [6, 6.07) is 1.79. The lowest BCUT2D eigenvalue weighted by Crippen LogP contribution is -2.40. The highest BCUT2D eigenvalue weighted by atomic mass is 32.1. The Morgan fingerprint density at radius 3 is 2.88 bits per heavy atom. The summed E-state index contributed by atoms with van der Waals surface area (Å²) < 4.78 is 4.06. The number of carbonyl (C=O) groups excluding carboxylic acids is 1. The van der Waals surface area contributed by atoms with Gasteiger partial charge in [0.1, 0.15) is 5.69 Å². The van der Waals surface area contributed by atoms with Crippen molar-refractivity contribution >= 4 is 17.4 Å². The van der Waals surface area contributed by atoms with E-state index in [1.54, 1.807) is 6.07 Å². The summed E-state index contributed by atoms with van der Waals surface area (Å²) in [7, 11) is 0. The van der Waals surface area contributed by atoms with Gasteiger partial charge in [-0.1, -0.05) is 0 Å². The average Bonchev–Trinajstić information content (AvgIpc) is 2.95. The minimum absolute atomic E-state index is 0.00649. The standard InChI is InChI=1S/C11H16N2O2S/c1-7-5-9(13-16-7)10(15)12-8(2)11(6-14)3-4-11/h5,8,14H,3-4,6H2,1-2H3,(H,12,15). The zero-order valence-corrected chi connectivity index (χ0v) is 10.3. The van der Waals surface area contributed by atoms with Crippen LogP contribution in [0.4, 0.5) is 0 Å². The highest BCUT2D eigenvalue weighted by Gasteiger charge is 2.47. The van der Waals surface area contributed by atoms with Crippen LogP contribution in [-0.4, -0.2) is 28.0 Å². The Balaban J connectivity index is 1.97. The molecule has 0 aromatic carbocycles. The van der Waals surface area contributed by atoms with Crippen LogP contribution in [0.25, 0.3) is 0 Å². The lowest BCUT2D eigenvalue weighted by molar-refractivity contribution is 0.0896. The lowest BCUT2D eigenvalue weighted by atomic mass is 9.99. The van der Waals surface area contributed by atoms with E-state index in [-0.39, 0.29) is 24.0 Å². The minimum atomic E-state index is -0.142. The van der Waals surface area contributed by atoms with Crippen molar-refractivity contribution in [2.24, 2.45) is 5.41 Å². The Labute approximate surface area is 98.9 Å². The predicted molar refractivity (Wildman–Crippen MR) is 62.5 cm³/mol. The summed E-state index contributed by atoms with van der Waals surface area (Å²) >= 11 is 1.33. The van der Waals surface area contributed by atoms with Crippen molar-refractivity contribution in [3.63, 3.8) is 0 Å². The Bertz CT molecular complexity index is 398. The maximum atomic E-state index is 11.8. The SMILES string of the molecule is Cc1cc(C(=O)NC(C)C2(CO)CC2)ns1. The predicted octanol–water partition coefficient (Wildman–Crippen LogP) is 1.34. The molecule has 1 unspecified atom stereocenters. The van der Waals surface area contributed by atoms with Crippen molar-refractivity contribution in [2.45, 2.75) is 32.7 Å². The fraction of sp³-hybridized carbons (Fsp3) is 0.636. The van der Waals surface area contributed by atoms with Crippen LogP contribution < -0.4 is 5.32 Å². The van der Waals surface area contributed by atoms with Gasteiger partial charge in [0.15, 0.2) is 0 Å². The van der Waals surface area contributed by atoms with Crippen molar-refractivity contribution in [3.05, 3.63) is 16.6 Å². The molecular formula is C11H16N2O2S. The largest absolute Gasteiger partial charge is 0.396 e. The highest BCUT2D eigenvalue weighted by Crippen LogP contribution is 2.48. The molecule has 2 rings (SSSR count). The van der Waals surface area contributed by atoms with E-state index in [0.717, 1.165) is 17.7 Å². The second-order valence-electron chi connectivity index (χ2n) is 4.54. The number of hydrogen-bond acceptors (Lipinski definition) is 4. The van der Waals surface area contributed by atoms with Crippen LogP contribution in [0.3, 0.4) is 0 Å². The van der Waals surface area contributed by atoms with Gasteiger partial charge in [-0.05, 0) is 44.3 Å². The van der Waals surface area contributed by atoms with Crippen LogP contribution in [0.1, 0.15) is 35.1 Å². The van der Waals surface area contributed by atoms with E-state index >= 15 is 0 Å². The van der Waals surface area contributed by atoms with Crippen LogP contribution in [0.2, 0.25) is 0 Å². The first-order valence-corrected chi connectivity index (χ1v) is 6.20. The van der Waals surface area contributed by atoms with E-state index in [0.29, 0.717) is 5.69 Å². The summed E-state index contributed by atoms with van der Waals surface area (Å²) in [5, 5.41) is 12.2. The summed E-state index contributed by atoms with van der Waals surface area (Å²) in [6.45, 7) is 4.01. The van der Waals surface area contributed by atoms with E-state index in [9.17, 15) is 9.90 Å². The monoisotopic (exact) mass is 240 g/mol. The number of aromatic nitrogens is 1. The number of rotatable bonds is 4. The lowest BCUT2D eigenvalue weighted by Gasteiger charge is -2.21. The van der Waals surface area contributed by atoms with E-state index in [2.05, 4.69) is 9.69 Å². The van der Waals surface area contributed by atoms with Gasteiger partial charge in [0, 0.05) is 16.3 Å². The number of nitrogens with one attached hydrogen (secondary N) is 1. The van der Waals surface area contributed by atoms with Gasteiger partial charge in [-0.15, -0.1) is 0 Å². The first-order chi connectivity index (χ1) is 7.57. The Kier molecular flexibility index (Phi) is 2.99. The summed E-state index contributed by atoms with van der Waals surface area (Å²) in [6.07, 6.45) is 1.97.